The zero-order valence-electron chi connectivity index (χ0n) is 17.5. The Morgan fingerprint density at radius 1 is 1.21 bits per heavy atom. The monoisotopic (exact) mass is 404 g/mol. The topological polar surface area (TPSA) is 114 Å². The van der Waals surface area contributed by atoms with Crippen molar-refractivity contribution in [3.63, 3.8) is 0 Å². The zero-order chi connectivity index (χ0) is 21.6. The van der Waals surface area contributed by atoms with E-state index < -0.39 is 24.9 Å². The summed E-state index contributed by atoms with van der Waals surface area (Å²) in [6, 6.07) is 8.98. The lowest BCUT2D eigenvalue weighted by Crippen LogP contribution is -2.37. The highest BCUT2D eigenvalue weighted by atomic mass is 16.6. The van der Waals surface area contributed by atoms with E-state index in [1.807, 2.05) is 44.2 Å². The number of benzene rings is 1. The Balaban J connectivity index is 2.13. The van der Waals surface area contributed by atoms with Crippen molar-refractivity contribution in [1.29, 1.82) is 0 Å². The van der Waals surface area contributed by atoms with Crippen molar-refractivity contribution in [3.05, 3.63) is 47.5 Å². The van der Waals surface area contributed by atoms with Crippen LogP contribution >= 0.6 is 0 Å². The van der Waals surface area contributed by atoms with Gasteiger partial charge in [0.2, 0.25) is 5.89 Å². The van der Waals surface area contributed by atoms with E-state index in [2.05, 4.69) is 10.3 Å². The SMILES string of the molecule is CC(C)[C@H](NC(=O)OC(C)(C)C)c1nc(COCc2ccccc2)c(B(O)O)o1. The molecule has 0 aliphatic heterocycles. The highest BCUT2D eigenvalue weighted by Gasteiger charge is 2.31. The Morgan fingerprint density at radius 3 is 2.41 bits per heavy atom. The Bertz CT molecular complexity index is 786. The maximum atomic E-state index is 12.2. The second kappa shape index (κ2) is 9.91. The number of amides is 1. The molecule has 0 saturated heterocycles. The number of hydrogen-bond acceptors (Lipinski definition) is 7. The van der Waals surface area contributed by atoms with Gasteiger partial charge in [0.05, 0.1) is 13.2 Å². The number of nitrogens with one attached hydrogen (secondary N) is 1. The van der Waals surface area contributed by atoms with Crippen molar-refractivity contribution in [3.8, 4) is 0 Å². The van der Waals surface area contributed by atoms with Crippen LogP contribution in [0.15, 0.2) is 34.7 Å². The standard InChI is InChI=1S/C20H29BN2O6/c1-13(2)16(23-19(24)29-20(3,4)5)18-22-15(17(28-18)21(25)26)12-27-11-14-9-7-6-8-10-14/h6-10,13,16,25-26H,11-12H2,1-5H3,(H,23,24)/t16-/m0/s1. The van der Waals surface area contributed by atoms with Gasteiger partial charge < -0.3 is 29.3 Å². The van der Waals surface area contributed by atoms with Gasteiger partial charge in [0.1, 0.15) is 17.3 Å². The second-order valence-corrected chi connectivity index (χ2v) is 8.08. The van der Waals surface area contributed by atoms with Gasteiger partial charge in [-0.1, -0.05) is 44.2 Å². The van der Waals surface area contributed by atoms with E-state index in [1.165, 1.54) is 0 Å². The molecular formula is C20H29BN2O6. The van der Waals surface area contributed by atoms with Crippen molar-refractivity contribution in [2.45, 2.75) is 59.5 Å². The summed E-state index contributed by atoms with van der Waals surface area (Å²) < 4.78 is 16.5. The van der Waals surface area contributed by atoms with Gasteiger partial charge in [-0.15, -0.1) is 0 Å². The summed E-state index contributed by atoms with van der Waals surface area (Å²) in [5, 5.41) is 22.0. The van der Waals surface area contributed by atoms with Gasteiger partial charge in [-0.2, -0.15) is 0 Å². The van der Waals surface area contributed by atoms with Crippen LogP contribution in [0, 0.1) is 5.92 Å². The fourth-order valence-corrected chi connectivity index (χ4v) is 2.61. The van der Waals surface area contributed by atoms with E-state index in [9.17, 15) is 14.8 Å². The summed E-state index contributed by atoms with van der Waals surface area (Å²) in [6.07, 6.45) is -0.609. The fraction of sp³-hybridized carbons (Fsp3) is 0.500. The summed E-state index contributed by atoms with van der Waals surface area (Å²) in [6.45, 7) is 9.44. The van der Waals surface area contributed by atoms with E-state index in [1.54, 1.807) is 20.8 Å². The van der Waals surface area contributed by atoms with Crippen LogP contribution < -0.4 is 11.0 Å². The quantitative estimate of drug-likeness (QED) is 0.579. The lowest BCUT2D eigenvalue weighted by molar-refractivity contribution is 0.0479. The summed E-state index contributed by atoms with van der Waals surface area (Å²) in [4.78, 5) is 16.5. The van der Waals surface area contributed by atoms with Crippen LogP contribution in [0.1, 0.15) is 57.8 Å². The minimum atomic E-state index is -1.85. The molecule has 1 heterocycles. The number of aromatic nitrogens is 1. The molecule has 0 unspecified atom stereocenters. The molecule has 158 valence electrons. The van der Waals surface area contributed by atoms with Gasteiger partial charge in [0.25, 0.3) is 0 Å². The van der Waals surface area contributed by atoms with Crippen molar-refractivity contribution in [1.82, 2.24) is 10.3 Å². The lowest BCUT2D eigenvalue weighted by atomic mass is 9.86. The minimum absolute atomic E-state index is 0.0304. The van der Waals surface area contributed by atoms with Crippen LogP contribution in [-0.2, 0) is 22.7 Å². The summed E-state index contributed by atoms with van der Waals surface area (Å²) in [5.74, 6) is 0.0789. The molecule has 0 spiro atoms. The highest BCUT2D eigenvalue weighted by molar-refractivity contribution is 6.57. The van der Waals surface area contributed by atoms with E-state index in [0.29, 0.717) is 6.61 Å². The molecule has 1 aromatic carbocycles. The number of oxazole rings is 1. The predicted molar refractivity (Wildman–Crippen MR) is 108 cm³/mol. The van der Waals surface area contributed by atoms with Crippen LogP contribution in [0.2, 0.25) is 0 Å². The number of carbonyl (C=O) groups excluding carboxylic acids is 1. The summed E-state index contributed by atoms with van der Waals surface area (Å²) in [7, 11) is -1.85. The molecule has 2 aromatic rings. The van der Waals surface area contributed by atoms with Crippen LogP contribution in [-0.4, -0.2) is 33.8 Å². The van der Waals surface area contributed by atoms with Gasteiger partial charge in [-0.05, 0) is 32.3 Å². The number of carbonyl (C=O) groups is 1. The Kier molecular flexibility index (Phi) is 7.84. The van der Waals surface area contributed by atoms with Crippen LogP contribution in [0.3, 0.4) is 0 Å². The third kappa shape index (κ3) is 7.19. The minimum Gasteiger partial charge on any atom is -0.447 e. The van der Waals surface area contributed by atoms with Crippen LogP contribution in [0.25, 0.3) is 0 Å². The molecule has 0 bridgehead atoms. The van der Waals surface area contributed by atoms with Gasteiger partial charge in [0, 0.05) is 0 Å². The molecule has 29 heavy (non-hydrogen) atoms. The molecule has 0 aliphatic carbocycles. The molecule has 1 amide bonds. The first-order chi connectivity index (χ1) is 13.6. The molecule has 0 aliphatic rings. The van der Waals surface area contributed by atoms with Gasteiger partial charge in [0.15, 0.2) is 5.66 Å². The predicted octanol–water partition coefficient (Wildman–Crippen LogP) is 2.29. The molecule has 0 fully saturated rings. The van der Waals surface area contributed by atoms with Crippen molar-refractivity contribution in [2.75, 3.05) is 0 Å². The number of ether oxygens (including phenoxy) is 2. The summed E-state index contributed by atoms with van der Waals surface area (Å²) in [5.41, 5.74) is 0.492. The van der Waals surface area contributed by atoms with Crippen LogP contribution in [0.5, 0.6) is 0 Å². The van der Waals surface area contributed by atoms with Crippen molar-refractivity contribution in [2.24, 2.45) is 5.92 Å². The Morgan fingerprint density at radius 2 is 1.86 bits per heavy atom. The molecule has 3 N–H and O–H groups in total. The Hall–Kier alpha value is -2.36. The Labute approximate surface area is 171 Å². The maximum Gasteiger partial charge on any atom is 0.528 e. The lowest BCUT2D eigenvalue weighted by Gasteiger charge is -2.24. The zero-order valence-corrected chi connectivity index (χ0v) is 17.5. The normalized spacial score (nSPS) is 12.7. The molecule has 8 nitrogen and oxygen atoms in total. The molecular weight excluding hydrogens is 375 g/mol. The largest absolute Gasteiger partial charge is 0.528 e. The third-order valence-electron chi connectivity index (χ3n) is 3.93. The van der Waals surface area contributed by atoms with Gasteiger partial charge in [-0.3, -0.25) is 0 Å². The number of hydrogen-bond donors (Lipinski definition) is 3. The molecule has 1 atom stereocenters. The first-order valence-corrected chi connectivity index (χ1v) is 9.53. The smallest absolute Gasteiger partial charge is 0.447 e. The average molecular weight is 404 g/mol. The number of alkyl carbamates (subject to hydrolysis) is 1. The van der Waals surface area contributed by atoms with E-state index in [4.69, 9.17) is 13.9 Å². The fourth-order valence-electron chi connectivity index (χ4n) is 2.61. The molecule has 1 aromatic heterocycles. The first kappa shape index (κ1) is 22.9. The average Bonchev–Trinajstić information content (AvgIpc) is 3.03. The molecule has 2 rings (SSSR count). The van der Waals surface area contributed by atoms with E-state index >= 15 is 0 Å². The molecule has 0 saturated carbocycles. The van der Waals surface area contributed by atoms with Crippen molar-refractivity contribution < 1.29 is 28.7 Å². The first-order valence-electron chi connectivity index (χ1n) is 9.53. The number of nitrogens with zero attached hydrogens (tertiary/aromatic N) is 1. The van der Waals surface area contributed by atoms with Gasteiger partial charge in [-0.25, -0.2) is 9.78 Å². The highest BCUT2D eigenvalue weighted by Crippen LogP contribution is 2.22. The third-order valence-corrected chi connectivity index (χ3v) is 3.93. The van der Waals surface area contributed by atoms with Crippen molar-refractivity contribution >= 4 is 18.9 Å². The molecule has 9 heteroatoms. The van der Waals surface area contributed by atoms with E-state index in [-0.39, 0.29) is 29.8 Å². The van der Waals surface area contributed by atoms with Crippen LogP contribution in [0.4, 0.5) is 4.79 Å². The second-order valence-electron chi connectivity index (χ2n) is 8.08. The van der Waals surface area contributed by atoms with Gasteiger partial charge >= 0.3 is 13.2 Å². The maximum absolute atomic E-state index is 12.2. The summed E-state index contributed by atoms with van der Waals surface area (Å²) >= 11 is 0. The molecule has 0 radical (unpaired) electrons. The van der Waals surface area contributed by atoms with E-state index in [0.717, 1.165) is 5.56 Å². The number of rotatable bonds is 8.